The third-order valence-electron chi connectivity index (χ3n) is 3.33. The van der Waals surface area contributed by atoms with Gasteiger partial charge in [0, 0.05) is 5.82 Å². The molecule has 86 valence electrons. The van der Waals surface area contributed by atoms with Crippen LogP contribution in [0.25, 0.3) is 5.57 Å². The number of benzene rings is 1. The zero-order valence-electron chi connectivity index (χ0n) is 10.4. The Balaban J connectivity index is 0.00000144. The first kappa shape index (κ1) is 15.7. The smallest absolute Gasteiger partial charge is 0.281 e. The molecule has 2 rings (SSSR count). The number of hydrogen-bond acceptors (Lipinski definition) is 0. The van der Waals surface area contributed by atoms with E-state index in [0.717, 1.165) is 31.3 Å². The summed E-state index contributed by atoms with van der Waals surface area (Å²) in [5.41, 5.74) is 1.35. The normalized spacial score (nSPS) is 19.5. The zero-order chi connectivity index (χ0) is 11.5. The van der Waals surface area contributed by atoms with Crippen molar-refractivity contribution in [2.24, 2.45) is 5.92 Å². The van der Waals surface area contributed by atoms with E-state index in [1.165, 1.54) is 6.07 Å². The average molecular weight is 307 g/mol. The van der Waals surface area contributed by atoms with E-state index >= 15 is 0 Å². The van der Waals surface area contributed by atoms with Gasteiger partial charge in [-0.15, -0.1) is 6.07 Å². The van der Waals surface area contributed by atoms with Crippen LogP contribution >= 0.6 is 0 Å². The van der Waals surface area contributed by atoms with Crippen LogP contribution in [0.15, 0.2) is 18.2 Å². The van der Waals surface area contributed by atoms with Crippen LogP contribution in [0.5, 0.6) is 0 Å². The van der Waals surface area contributed by atoms with Crippen molar-refractivity contribution in [3.8, 4) is 0 Å². The number of rotatable bonds is 2. The van der Waals surface area contributed by atoms with Crippen molar-refractivity contribution in [1.29, 1.82) is 0 Å². The first-order valence-electron chi connectivity index (χ1n) is 5.77. The summed E-state index contributed by atoms with van der Waals surface area (Å²) < 4.78 is 26.5. The molecular weight excluding hydrogens is 292 g/mol. The third kappa shape index (κ3) is 3.79. The van der Waals surface area contributed by atoms with Crippen molar-refractivity contribution >= 4 is 5.57 Å². The molecule has 1 aromatic carbocycles. The Kier molecular flexibility index (Phi) is 6.71. The maximum absolute atomic E-state index is 13.5. The molecule has 0 radical (unpaired) electrons. The van der Waals surface area contributed by atoms with Crippen LogP contribution in [0, 0.1) is 23.6 Å². The van der Waals surface area contributed by atoms with Crippen molar-refractivity contribution < 1.29 is 67.0 Å². The summed E-state index contributed by atoms with van der Waals surface area (Å²) in [6.45, 7) is 2.17. The SMILES string of the molecule is CCC1CC=C(c2cc[c-]c(F)c2F)CC1.[Rb+]. The molecule has 1 aliphatic carbocycles. The molecule has 0 bridgehead atoms. The van der Waals surface area contributed by atoms with E-state index in [1.54, 1.807) is 6.07 Å². The molecule has 17 heavy (non-hydrogen) atoms. The Hall–Kier alpha value is 0.625. The molecule has 1 atom stereocenters. The Morgan fingerprint density at radius 2 is 2.18 bits per heavy atom. The molecule has 0 spiro atoms. The van der Waals surface area contributed by atoms with Gasteiger partial charge in [-0.25, -0.2) is 4.39 Å². The van der Waals surface area contributed by atoms with Gasteiger partial charge >= 0.3 is 58.2 Å². The summed E-state index contributed by atoms with van der Waals surface area (Å²) in [6, 6.07) is 5.28. The van der Waals surface area contributed by atoms with Gasteiger partial charge in [0.05, 0.1) is 5.82 Å². The zero-order valence-corrected chi connectivity index (χ0v) is 15.3. The monoisotopic (exact) mass is 306 g/mol. The fourth-order valence-electron chi connectivity index (χ4n) is 2.20. The van der Waals surface area contributed by atoms with Gasteiger partial charge < -0.3 is 0 Å². The quantitative estimate of drug-likeness (QED) is 0.724. The summed E-state index contributed by atoms with van der Waals surface area (Å²) in [7, 11) is 0. The van der Waals surface area contributed by atoms with Crippen LogP contribution in [0.1, 0.15) is 38.2 Å². The van der Waals surface area contributed by atoms with E-state index in [4.69, 9.17) is 0 Å². The molecule has 0 amide bonds. The first-order chi connectivity index (χ1) is 7.72. The van der Waals surface area contributed by atoms with Crippen LogP contribution in [-0.4, -0.2) is 0 Å². The molecule has 0 heterocycles. The van der Waals surface area contributed by atoms with Crippen LogP contribution in [-0.2, 0) is 0 Å². The summed E-state index contributed by atoms with van der Waals surface area (Å²) in [4.78, 5) is 0. The molecule has 1 unspecified atom stereocenters. The molecule has 0 fully saturated rings. The fourth-order valence-corrected chi connectivity index (χ4v) is 2.20. The minimum absolute atomic E-state index is 0. The fraction of sp³-hybridized carbons (Fsp3) is 0.429. The predicted octanol–water partition coefficient (Wildman–Crippen LogP) is 1.36. The van der Waals surface area contributed by atoms with Gasteiger partial charge in [-0.05, 0) is 25.2 Å². The van der Waals surface area contributed by atoms with E-state index in [9.17, 15) is 8.78 Å². The van der Waals surface area contributed by atoms with E-state index in [1.807, 2.05) is 0 Å². The van der Waals surface area contributed by atoms with Crippen LogP contribution < -0.4 is 58.2 Å². The van der Waals surface area contributed by atoms with Crippen molar-refractivity contribution in [3.63, 3.8) is 0 Å². The number of halogens is 2. The third-order valence-corrected chi connectivity index (χ3v) is 3.33. The van der Waals surface area contributed by atoms with Gasteiger partial charge in [0.1, 0.15) is 0 Å². The van der Waals surface area contributed by atoms with Gasteiger partial charge in [-0.2, -0.15) is 12.1 Å². The summed E-state index contributed by atoms with van der Waals surface area (Å²) in [5.74, 6) is -0.938. The number of allylic oxidation sites excluding steroid dienone is 2. The van der Waals surface area contributed by atoms with E-state index in [-0.39, 0.29) is 58.2 Å². The molecule has 0 saturated heterocycles. The van der Waals surface area contributed by atoms with Crippen molar-refractivity contribution in [2.75, 3.05) is 0 Å². The van der Waals surface area contributed by atoms with Gasteiger partial charge in [0.25, 0.3) is 0 Å². The largest absolute Gasteiger partial charge is 1.00 e. The maximum Gasteiger partial charge on any atom is 1.00 e. The molecule has 0 saturated carbocycles. The second-order valence-corrected chi connectivity index (χ2v) is 4.30. The van der Waals surface area contributed by atoms with Gasteiger partial charge in [0.2, 0.25) is 0 Å². The van der Waals surface area contributed by atoms with Crippen LogP contribution in [0.2, 0.25) is 0 Å². The molecule has 0 N–H and O–H groups in total. The molecule has 0 aliphatic heterocycles. The van der Waals surface area contributed by atoms with E-state index in [2.05, 4.69) is 19.1 Å². The van der Waals surface area contributed by atoms with E-state index < -0.39 is 11.6 Å². The van der Waals surface area contributed by atoms with E-state index in [0.29, 0.717) is 11.5 Å². The van der Waals surface area contributed by atoms with Gasteiger partial charge in [-0.3, -0.25) is 4.39 Å². The Morgan fingerprint density at radius 3 is 2.76 bits per heavy atom. The molecule has 1 aromatic rings. The molecule has 1 aliphatic rings. The predicted molar refractivity (Wildman–Crippen MR) is 60.8 cm³/mol. The van der Waals surface area contributed by atoms with Gasteiger partial charge in [0.15, 0.2) is 0 Å². The second-order valence-electron chi connectivity index (χ2n) is 4.30. The minimum Gasteiger partial charge on any atom is -0.281 e. The van der Waals surface area contributed by atoms with Crippen molar-refractivity contribution in [1.82, 2.24) is 0 Å². The maximum atomic E-state index is 13.5. The first-order valence-corrected chi connectivity index (χ1v) is 5.77. The Bertz CT molecular complexity index is 413. The van der Waals surface area contributed by atoms with Crippen molar-refractivity contribution in [2.45, 2.75) is 32.6 Å². The summed E-state index contributed by atoms with van der Waals surface area (Å²) in [5, 5.41) is 0. The van der Waals surface area contributed by atoms with Crippen LogP contribution in [0.3, 0.4) is 0 Å². The molecule has 0 nitrogen and oxygen atoms in total. The van der Waals surface area contributed by atoms with Crippen molar-refractivity contribution in [3.05, 3.63) is 41.5 Å². The molecular formula is C14H15F2Rb. The minimum atomic E-state index is -0.879. The van der Waals surface area contributed by atoms with Gasteiger partial charge in [-0.1, -0.05) is 30.6 Å². The number of hydrogen-bond donors (Lipinski definition) is 0. The molecule has 0 aromatic heterocycles. The standard InChI is InChI=1S/C14H15F2.Rb/c1-2-10-6-8-11(9-7-10)12-4-3-5-13(15)14(12)16;/h3-4,8,10H,2,6-7,9H2,1H3;/q-1;+1. The average Bonchev–Trinajstić information content (AvgIpc) is 2.33. The Labute approximate surface area is 150 Å². The molecule has 3 heteroatoms. The summed E-state index contributed by atoms with van der Waals surface area (Å²) in [6.07, 6.45) is 6.10. The topological polar surface area (TPSA) is 0 Å². The van der Waals surface area contributed by atoms with Crippen LogP contribution in [0.4, 0.5) is 8.78 Å². The summed E-state index contributed by atoms with van der Waals surface area (Å²) >= 11 is 0. The second kappa shape index (κ2) is 7.27. The Morgan fingerprint density at radius 1 is 1.41 bits per heavy atom.